The first-order valence-electron chi connectivity index (χ1n) is 7.06. The maximum atomic E-state index is 12.2. The normalized spacial score (nSPS) is 10.8. The number of carbonyl (C=O) groups excluding carboxylic acids is 1. The van der Waals surface area contributed by atoms with E-state index in [1.54, 1.807) is 37.4 Å². The second-order valence-electron chi connectivity index (χ2n) is 5.15. The van der Waals surface area contributed by atoms with Crippen LogP contribution in [0.4, 0.5) is 0 Å². The number of fused-ring (bicyclic) bond motifs is 1. The first-order chi connectivity index (χ1) is 11.5. The third-order valence-electron chi connectivity index (χ3n) is 3.46. The van der Waals surface area contributed by atoms with Gasteiger partial charge in [-0.3, -0.25) is 9.59 Å². The van der Waals surface area contributed by atoms with Gasteiger partial charge < -0.3 is 4.74 Å². The Balaban J connectivity index is 1.91. The average molecular weight is 363 g/mol. The second kappa shape index (κ2) is 6.63. The fraction of sp³-hybridized carbons (Fsp3) is 0.118. The standard InChI is InChI=1S/C17H12Cl2N2O3/c1-21-17(23)12-5-3-2-4-11(12)14(20-21)9-16(22)24-15-7-6-10(18)8-13(15)19/h2-8H,9H2,1H3. The van der Waals surface area contributed by atoms with Gasteiger partial charge in [-0.25, -0.2) is 4.68 Å². The van der Waals surface area contributed by atoms with Crippen molar-refractivity contribution >= 4 is 39.9 Å². The van der Waals surface area contributed by atoms with Crippen molar-refractivity contribution in [2.75, 3.05) is 0 Å². The summed E-state index contributed by atoms with van der Waals surface area (Å²) in [4.78, 5) is 24.3. The van der Waals surface area contributed by atoms with Crippen molar-refractivity contribution in [2.24, 2.45) is 7.05 Å². The summed E-state index contributed by atoms with van der Waals surface area (Å²) in [5, 5.41) is 5.99. The van der Waals surface area contributed by atoms with Crippen LogP contribution >= 0.6 is 23.2 Å². The molecule has 0 aliphatic heterocycles. The molecule has 0 spiro atoms. The minimum Gasteiger partial charge on any atom is -0.425 e. The number of esters is 1. The highest BCUT2D eigenvalue weighted by Gasteiger charge is 2.15. The lowest BCUT2D eigenvalue weighted by Gasteiger charge is -2.09. The minimum absolute atomic E-state index is 0.0897. The summed E-state index contributed by atoms with van der Waals surface area (Å²) in [7, 11) is 1.54. The molecule has 1 aromatic heterocycles. The Labute approximate surface area is 147 Å². The van der Waals surface area contributed by atoms with Crippen LogP contribution in [0.15, 0.2) is 47.3 Å². The van der Waals surface area contributed by atoms with E-state index in [1.807, 2.05) is 0 Å². The predicted octanol–water partition coefficient (Wildman–Crippen LogP) is 3.39. The van der Waals surface area contributed by atoms with Crippen molar-refractivity contribution < 1.29 is 9.53 Å². The monoisotopic (exact) mass is 362 g/mol. The Bertz CT molecular complexity index is 999. The zero-order valence-corrected chi connectivity index (χ0v) is 14.1. The molecule has 0 saturated carbocycles. The molecule has 7 heteroatoms. The van der Waals surface area contributed by atoms with Gasteiger partial charge in [-0.15, -0.1) is 0 Å². The topological polar surface area (TPSA) is 61.2 Å². The summed E-state index contributed by atoms with van der Waals surface area (Å²) >= 11 is 11.8. The summed E-state index contributed by atoms with van der Waals surface area (Å²) in [5.74, 6) is -0.310. The Hall–Kier alpha value is -2.37. The fourth-order valence-electron chi connectivity index (χ4n) is 2.36. The molecule has 122 valence electrons. The molecule has 0 amide bonds. The molecule has 0 N–H and O–H groups in total. The van der Waals surface area contributed by atoms with Crippen molar-refractivity contribution in [2.45, 2.75) is 6.42 Å². The second-order valence-corrected chi connectivity index (χ2v) is 5.99. The molecule has 0 unspecified atom stereocenters. The molecule has 2 aromatic carbocycles. The van der Waals surface area contributed by atoms with Crippen LogP contribution in [-0.2, 0) is 18.3 Å². The van der Waals surface area contributed by atoms with E-state index in [9.17, 15) is 9.59 Å². The maximum Gasteiger partial charge on any atom is 0.317 e. The van der Waals surface area contributed by atoms with Gasteiger partial charge in [0.05, 0.1) is 22.5 Å². The molecule has 0 saturated heterocycles. The van der Waals surface area contributed by atoms with Gasteiger partial charge in [-0.2, -0.15) is 5.10 Å². The Morgan fingerprint density at radius 1 is 1.17 bits per heavy atom. The first-order valence-corrected chi connectivity index (χ1v) is 7.82. The molecule has 24 heavy (non-hydrogen) atoms. The number of nitrogens with zero attached hydrogens (tertiary/aromatic N) is 2. The first kappa shape index (κ1) is 16.5. The minimum atomic E-state index is -0.532. The fourth-order valence-corrected chi connectivity index (χ4v) is 2.81. The smallest absolute Gasteiger partial charge is 0.317 e. The number of hydrogen-bond donors (Lipinski definition) is 0. The highest BCUT2D eigenvalue weighted by molar-refractivity contribution is 6.35. The number of aryl methyl sites for hydroxylation is 1. The summed E-state index contributed by atoms with van der Waals surface area (Å²) in [6.45, 7) is 0. The number of benzene rings is 2. The number of halogens is 2. The van der Waals surface area contributed by atoms with E-state index in [1.165, 1.54) is 16.8 Å². The van der Waals surface area contributed by atoms with Crippen LogP contribution in [0.25, 0.3) is 10.8 Å². The Kier molecular flexibility index (Phi) is 4.55. The summed E-state index contributed by atoms with van der Waals surface area (Å²) in [5.41, 5.74) is 0.242. The molecular formula is C17H12Cl2N2O3. The van der Waals surface area contributed by atoms with Crippen LogP contribution in [0.5, 0.6) is 5.75 Å². The van der Waals surface area contributed by atoms with Crippen molar-refractivity contribution in [3.63, 3.8) is 0 Å². The van der Waals surface area contributed by atoms with Gasteiger partial charge in [0.15, 0.2) is 0 Å². The lowest BCUT2D eigenvalue weighted by molar-refractivity contribution is -0.133. The quantitative estimate of drug-likeness (QED) is 0.529. The van der Waals surface area contributed by atoms with Gasteiger partial charge in [0.1, 0.15) is 5.75 Å². The Morgan fingerprint density at radius 3 is 2.58 bits per heavy atom. The SMILES string of the molecule is Cn1nc(CC(=O)Oc2ccc(Cl)cc2Cl)c2ccccc2c1=O. The largest absolute Gasteiger partial charge is 0.425 e. The van der Waals surface area contributed by atoms with Gasteiger partial charge >= 0.3 is 5.97 Å². The van der Waals surface area contributed by atoms with Gasteiger partial charge in [-0.05, 0) is 24.3 Å². The van der Waals surface area contributed by atoms with E-state index in [0.717, 1.165) is 0 Å². The van der Waals surface area contributed by atoms with Gasteiger partial charge in [-0.1, -0.05) is 41.4 Å². The molecule has 0 fully saturated rings. The number of ether oxygens (including phenoxy) is 1. The van der Waals surface area contributed by atoms with E-state index in [2.05, 4.69) is 5.10 Å². The van der Waals surface area contributed by atoms with Crippen molar-refractivity contribution in [1.29, 1.82) is 0 Å². The van der Waals surface area contributed by atoms with Crippen molar-refractivity contribution in [3.8, 4) is 5.75 Å². The van der Waals surface area contributed by atoms with E-state index in [0.29, 0.717) is 21.5 Å². The molecule has 0 bridgehead atoms. The van der Waals surface area contributed by atoms with Crippen molar-refractivity contribution in [1.82, 2.24) is 9.78 Å². The highest BCUT2D eigenvalue weighted by Crippen LogP contribution is 2.28. The maximum absolute atomic E-state index is 12.2. The molecule has 3 aromatic rings. The highest BCUT2D eigenvalue weighted by atomic mass is 35.5. The number of hydrogen-bond acceptors (Lipinski definition) is 4. The molecule has 0 aliphatic carbocycles. The van der Waals surface area contributed by atoms with Crippen LogP contribution in [0.2, 0.25) is 10.0 Å². The van der Waals surface area contributed by atoms with Crippen LogP contribution in [-0.4, -0.2) is 15.7 Å². The molecule has 1 heterocycles. The van der Waals surface area contributed by atoms with Crippen LogP contribution < -0.4 is 10.3 Å². The van der Waals surface area contributed by atoms with Crippen LogP contribution in [0.3, 0.4) is 0 Å². The van der Waals surface area contributed by atoms with Gasteiger partial charge in [0.25, 0.3) is 5.56 Å². The number of rotatable bonds is 3. The molecule has 0 atom stereocenters. The lowest BCUT2D eigenvalue weighted by atomic mass is 10.1. The Morgan fingerprint density at radius 2 is 1.88 bits per heavy atom. The lowest BCUT2D eigenvalue weighted by Crippen LogP contribution is -2.23. The zero-order valence-electron chi connectivity index (χ0n) is 12.6. The molecule has 0 aliphatic rings. The summed E-state index contributed by atoms with van der Waals surface area (Å²) in [6, 6.07) is 11.6. The van der Waals surface area contributed by atoms with E-state index < -0.39 is 5.97 Å². The molecule has 5 nitrogen and oxygen atoms in total. The van der Waals surface area contributed by atoms with Gasteiger partial charge in [0, 0.05) is 17.5 Å². The van der Waals surface area contributed by atoms with E-state index in [-0.39, 0.29) is 22.8 Å². The molecule has 3 rings (SSSR count). The number of aromatic nitrogens is 2. The third kappa shape index (κ3) is 3.27. The zero-order chi connectivity index (χ0) is 17.3. The summed E-state index contributed by atoms with van der Waals surface area (Å²) in [6.07, 6.45) is -0.0897. The van der Waals surface area contributed by atoms with Crippen molar-refractivity contribution in [3.05, 3.63) is 68.6 Å². The average Bonchev–Trinajstić information content (AvgIpc) is 2.55. The number of carbonyl (C=O) groups is 1. The molecule has 0 radical (unpaired) electrons. The van der Waals surface area contributed by atoms with E-state index in [4.69, 9.17) is 27.9 Å². The van der Waals surface area contributed by atoms with E-state index >= 15 is 0 Å². The van der Waals surface area contributed by atoms with Crippen LogP contribution in [0.1, 0.15) is 5.69 Å². The molecular weight excluding hydrogens is 351 g/mol. The van der Waals surface area contributed by atoms with Gasteiger partial charge in [0.2, 0.25) is 0 Å². The summed E-state index contributed by atoms with van der Waals surface area (Å²) < 4.78 is 6.47. The third-order valence-corrected chi connectivity index (χ3v) is 3.99. The van der Waals surface area contributed by atoms with Crippen LogP contribution in [0, 0.1) is 0 Å². The predicted molar refractivity (Wildman–Crippen MR) is 92.8 cm³/mol.